The lowest BCUT2D eigenvalue weighted by Gasteiger charge is -2.59. The second-order valence-corrected chi connectivity index (χ2v) is 9.12. The minimum Gasteiger partial charge on any atom is -0.469 e. The Bertz CT molecular complexity index is 857. The molecule has 7 nitrogen and oxygen atoms in total. The summed E-state index contributed by atoms with van der Waals surface area (Å²) in [5, 5.41) is 22.9. The topological polar surface area (TPSA) is 110 Å². The van der Waals surface area contributed by atoms with E-state index < -0.39 is 52.4 Å². The fourth-order valence-corrected chi connectivity index (χ4v) is 6.62. The van der Waals surface area contributed by atoms with Crippen molar-refractivity contribution in [2.45, 2.75) is 51.9 Å². The number of allylic oxidation sites excluding steroid dienone is 2. The van der Waals surface area contributed by atoms with Gasteiger partial charge < -0.3 is 19.7 Å². The summed E-state index contributed by atoms with van der Waals surface area (Å²) in [4.78, 5) is 38.0. The molecule has 1 heterocycles. The normalized spacial score (nSPS) is 49.0. The van der Waals surface area contributed by atoms with Gasteiger partial charge in [-0.3, -0.25) is 14.4 Å². The van der Waals surface area contributed by atoms with Crippen LogP contribution in [0.2, 0.25) is 0 Å². The molecule has 4 aliphatic rings. The minimum atomic E-state index is -1.66. The number of aliphatic hydroxyl groups excluding tert-OH is 1. The highest BCUT2D eigenvalue weighted by molar-refractivity contribution is 6.02. The highest BCUT2D eigenvalue weighted by Crippen LogP contribution is 2.68. The minimum absolute atomic E-state index is 0.256. The van der Waals surface area contributed by atoms with E-state index in [1.807, 2.05) is 0 Å². The summed E-state index contributed by atoms with van der Waals surface area (Å²) >= 11 is 0. The summed E-state index contributed by atoms with van der Waals surface area (Å²) < 4.78 is 10.2. The van der Waals surface area contributed by atoms with Gasteiger partial charge in [-0.2, -0.15) is 0 Å². The van der Waals surface area contributed by atoms with Gasteiger partial charge in [-0.05, 0) is 30.2 Å². The number of rotatable bonds is 2. The molecule has 3 aliphatic carbocycles. The summed E-state index contributed by atoms with van der Waals surface area (Å²) in [6, 6.07) is 0. The van der Waals surface area contributed by atoms with Gasteiger partial charge in [-0.1, -0.05) is 20.8 Å². The first kappa shape index (κ1) is 19.3. The lowest BCUT2D eigenvalue weighted by atomic mass is 9.43. The number of hydrogen-bond donors (Lipinski definition) is 2. The van der Waals surface area contributed by atoms with E-state index in [-0.39, 0.29) is 18.1 Å². The average Bonchev–Trinajstić information content (AvgIpc) is 2.96. The lowest BCUT2D eigenvalue weighted by Crippen LogP contribution is -2.67. The maximum Gasteiger partial charge on any atom is 0.310 e. The van der Waals surface area contributed by atoms with Crippen molar-refractivity contribution in [3.63, 3.8) is 0 Å². The van der Waals surface area contributed by atoms with Crippen LogP contribution in [-0.4, -0.2) is 52.9 Å². The Morgan fingerprint density at radius 3 is 2.57 bits per heavy atom. The molecule has 8 atom stereocenters. The van der Waals surface area contributed by atoms with Gasteiger partial charge in [0.15, 0.2) is 5.78 Å². The summed E-state index contributed by atoms with van der Waals surface area (Å²) in [5.41, 5.74) is -2.80. The number of aliphatic hydroxyl groups is 2. The van der Waals surface area contributed by atoms with E-state index >= 15 is 0 Å². The van der Waals surface area contributed by atoms with Crippen LogP contribution in [0.1, 0.15) is 34.1 Å². The summed E-state index contributed by atoms with van der Waals surface area (Å²) in [5.74, 6) is -3.18. The molecule has 2 N–H and O–H groups in total. The second kappa shape index (κ2) is 5.54. The van der Waals surface area contributed by atoms with Gasteiger partial charge >= 0.3 is 11.9 Å². The molecule has 28 heavy (non-hydrogen) atoms. The SMILES string of the molecule is COC(=O)C[C@@]1(O)C=C(C)C2=CC(=O)[C@@]3(C)[C@H]4C(=O)O[C@H]([C@@H]4C)[C@H](O)[C@@H]3[C@]21C. The molecule has 0 radical (unpaired) electrons. The van der Waals surface area contributed by atoms with E-state index in [1.54, 1.807) is 33.8 Å². The molecule has 2 fully saturated rings. The Balaban J connectivity index is 1.96. The third kappa shape index (κ3) is 1.94. The lowest BCUT2D eigenvalue weighted by molar-refractivity contribution is -0.188. The number of carbonyl (C=O) groups is 3. The Hall–Kier alpha value is -1.99. The molecule has 0 aromatic rings. The van der Waals surface area contributed by atoms with E-state index in [0.717, 1.165) is 0 Å². The zero-order valence-electron chi connectivity index (χ0n) is 16.7. The average molecular weight is 390 g/mol. The van der Waals surface area contributed by atoms with Crippen LogP contribution in [0, 0.1) is 28.6 Å². The molecule has 2 bridgehead atoms. The van der Waals surface area contributed by atoms with Crippen LogP contribution in [0.15, 0.2) is 23.3 Å². The summed E-state index contributed by atoms with van der Waals surface area (Å²) in [7, 11) is 1.24. The van der Waals surface area contributed by atoms with Crippen LogP contribution in [0.5, 0.6) is 0 Å². The van der Waals surface area contributed by atoms with Gasteiger partial charge in [0.2, 0.25) is 0 Å². The molecular weight excluding hydrogens is 364 g/mol. The number of esters is 2. The number of ether oxygens (including phenoxy) is 2. The van der Waals surface area contributed by atoms with Gasteiger partial charge in [0, 0.05) is 17.3 Å². The fourth-order valence-electron chi connectivity index (χ4n) is 6.62. The third-order valence-electron chi connectivity index (χ3n) is 7.93. The molecular formula is C21H26O7. The molecule has 0 amide bonds. The van der Waals surface area contributed by atoms with Crippen molar-refractivity contribution in [1.29, 1.82) is 0 Å². The van der Waals surface area contributed by atoms with Crippen molar-refractivity contribution in [3.05, 3.63) is 23.3 Å². The molecule has 7 heteroatoms. The third-order valence-corrected chi connectivity index (χ3v) is 7.93. The fraction of sp³-hybridized carbons (Fsp3) is 0.667. The van der Waals surface area contributed by atoms with E-state index in [0.29, 0.717) is 11.1 Å². The van der Waals surface area contributed by atoms with Gasteiger partial charge in [0.25, 0.3) is 0 Å². The molecule has 4 rings (SSSR count). The molecule has 0 aromatic carbocycles. The van der Waals surface area contributed by atoms with Crippen LogP contribution in [0.3, 0.4) is 0 Å². The van der Waals surface area contributed by atoms with Gasteiger partial charge in [0.05, 0.1) is 31.0 Å². The number of ketones is 1. The Morgan fingerprint density at radius 2 is 1.96 bits per heavy atom. The van der Waals surface area contributed by atoms with Gasteiger partial charge in [-0.25, -0.2) is 0 Å². The standard InChI is InChI=1S/C21H26O7/c1-9-7-21(26,8-13(23)27-5)20(4)11(9)6-12(22)19(3)14-10(2)16(28-18(14)25)15(24)17(19)20/h6-7,10,14-17,24,26H,8H2,1-5H3/t10-,14-,15+,16-,17+,19+,20+,21+/m1/s1. The number of fused-ring (bicyclic) bond motifs is 6. The first-order valence-corrected chi connectivity index (χ1v) is 9.57. The van der Waals surface area contributed by atoms with E-state index in [4.69, 9.17) is 9.47 Å². The first-order valence-electron chi connectivity index (χ1n) is 9.57. The van der Waals surface area contributed by atoms with Crippen molar-refractivity contribution < 1.29 is 34.1 Å². The molecule has 152 valence electrons. The Kier molecular flexibility index (Phi) is 3.83. The van der Waals surface area contributed by atoms with Crippen LogP contribution in [0.25, 0.3) is 0 Å². The van der Waals surface area contributed by atoms with Crippen LogP contribution < -0.4 is 0 Å². The molecule has 0 spiro atoms. The van der Waals surface area contributed by atoms with E-state index in [1.165, 1.54) is 13.2 Å². The smallest absolute Gasteiger partial charge is 0.310 e. The Labute approximate surface area is 163 Å². The van der Waals surface area contributed by atoms with E-state index in [9.17, 15) is 24.6 Å². The number of hydrogen-bond acceptors (Lipinski definition) is 7. The Morgan fingerprint density at radius 1 is 1.32 bits per heavy atom. The largest absolute Gasteiger partial charge is 0.469 e. The molecule has 0 aromatic heterocycles. The molecule has 1 saturated carbocycles. The first-order chi connectivity index (χ1) is 12.9. The number of carbonyl (C=O) groups excluding carboxylic acids is 3. The van der Waals surface area contributed by atoms with Crippen LogP contribution in [0.4, 0.5) is 0 Å². The van der Waals surface area contributed by atoms with Gasteiger partial charge in [-0.15, -0.1) is 0 Å². The highest BCUT2D eigenvalue weighted by Gasteiger charge is 2.75. The predicted molar refractivity (Wildman–Crippen MR) is 96.7 cm³/mol. The van der Waals surface area contributed by atoms with Crippen molar-refractivity contribution >= 4 is 17.7 Å². The maximum atomic E-state index is 13.3. The molecule has 1 aliphatic heterocycles. The highest BCUT2D eigenvalue weighted by atomic mass is 16.6. The van der Waals surface area contributed by atoms with Gasteiger partial charge in [0.1, 0.15) is 11.7 Å². The zero-order chi connectivity index (χ0) is 20.8. The van der Waals surface area contributed by atoms with Crippen molar-refractivity contribution in [3.8, 4) is 0 Å². The van der Waals surface area contributed by atoms with Crippen LogP contribution in [-0.2, 0) is 23.9 Å². The summed E-state index contributed by atoms with van der Waals surface area (Å²) in [6.45, 7) is 7.01. The molecule has 1 saturated heterocycles. The maximum absolute atomic E-state index is 13.3. The number of methoxy groups -OCH3 is 1. The predicted octanol–water partition coefficient (Wildman–Crippen LogP) is 0.931. The summed E-state index contributed by atoms with van der Waals surface area (Å²) in [6.07, 6.45) is 0.834. The van der Waals surface area contributed by atoms with Crippen molar-refractivity contribution in [1.82, 2.24) is 0 Å². The molecule has 0 unspecified atom stereocenters. The van der Waals surface area contributed by atoms with Crippen molar-refractivity contribution in [2.75, 3.05) is 7.11 Å². The quantitative estimate of drug-likeness (QED) is 0.675. The van der Waals surface area contributed by atoms with Crippen molar-refractivity contribution in [2.24, 2.45) is 28.6 Å². The van der Waals surface area contributed by atoms with E-state index in [2.05, 4.69) is 0 Å². The monoisotopic (exact) mass is 390 g/mol. The zero-order valence-corrected chi connectivity index (χ0v) is 16.7. The van der Waals surface area contributed by atoms with Crippen LogP contribution >= 0.6 is 0 Å². The second-order valence-electron chi connectivity index (χ2n) is 9.12.